The van der Waals surface area contributed by atoms with Crippen molar-refractivity contribution in [2.45, 2.75) is 24.8 Å². The van der Waals surface area contributed by atoms with Gasteiger partial charge in [0, 0.05) is 5.56 Å². The molecule has 1 atom stereocenters. The van der Waals surface area contributed by atoms with Crippen LogP contribution in [0.2, 0.25) is 0 Å². The maximum atomic E-state index is 5.58. The molecule has 0 bridgehead atoms. The molecule has 2 nitrogen and oxygen atoms in total. The summed E-state index contributed by atoms with van der Waals surface area (Å²) >= 11 is 5.23. The Labute approximate surface area is 112 Å². The number of hydrogen-bond acceptors (Lipinski definition) is 3. The van der Waals surface area contributed by atoms with E-state index < -0.39 is 0 Å². The summed E-state index contributed by atoms with van der Waals surface area (Å²) in [6.07, 6.45) is 0. The van der Waals surface area contributed by atoms with Crippen LogP contribution in [0.1, 0.15) is 19.4 Å². The zero-order valence-electron chi connectivity index (χ0n) is 9.24. The van der Waals surface area contributed by atoms with Crippen molar-refractivity contribution in [1.29, 1.82) is 0 Å². The number of ether oxygens (including phenoxy) is 1. The van der Waals surface area contributed by atoms with Crippen molar-refractivity contribution in [1.82, 2.24) is 0 Å². The molecule has 0 saturated heterocycles. The van der Waals surface area contributed by atoms with Gasteiger partial charge >= 0.3 is 17.1 Å². The molecule has 1 aromatic carbocycles. The summed E-state index contributed by atoms with van der Waals surface area (Å²) in [6, 6.07) is 8.03. The van der Waals surface area contributed by atoms with Crippen LogP contribution in [0.4, 0.5) is 0 Å². The van der Waals surface area contributed by atoms with Crippen LogP contribution in [0.3, 0.4) is 0 Å². The Morgan fingerprint density at radius 1 is 1.38 bits per heavy atom. The Balaban J connectivity index is 0.00000128. The van der Waals surface area contributed by atoms with Gasteiger partial charge in [0.2, 0.25) is 5.90 Å². The monoisotopic (exact) mass is 283 g/mol. The number of aliphatic imine (C=N–C) groups is 1. The maximum absolute atomic E-state index is 5.58. The molecular formula is C12H14CuNOS. The maximum Gasteiger partial charge on any atom is 1.00 e. The fourth-order valence-electron chi connectivity index (χ4n) is 1.52. The zero-order chi connectivity index (χ0) is 10.8. The van der Waals surface area contributed by atoms with Gasteiger partial charge in [-0.1, -0.05) is 38.1 Å². The number of rotatable bonds is 2. The summed E-state index contributed by atoms with van der Waals surface area (Å²) in [5.41, 5.74) is 0.940. The molecule has 0 unspecified atom stereocenters. The minimum atomic E-state index is 0. The smallest absolute Gasteiger partial charge is 0.779 e. The van der Waals surface area contributed by atoms with Crippen molar-refractivity contribution in [3.8, 4) is 0 Å². The van der Waals surface area contributed by atoms with Crippen LogP contribution in [0, 0.1) is 5.92 Å². The van der Waals surface area contributed by atoms with Crippen molar-refractivity contribution in [2.75, 3.05) is 6.61 Å². The van der Waals surface area contributed by atoms with E-state index in [4.69, 9.17) is 17.4 Å². The van der Waals surface area contributed by atoms with Gasteiger partial charge in [0.15, 0.2) is 0 Å². The van der Waals surface area contributed by atoms with Gasteiger partial charge in [-0.25, -0.2) is 4.99 Å². The molecule has 16 heavy (non-hydrogen) atoms. The quantitative estimate of drug-likeness (QED) is 0.614. The molecule has 0 amide bonds. The van der Waals surface area contributed by atoms with Crippen molar-refractivity contribution in [3.63, 3.8) is 0 Å². The van der Waals surface area contributed by atoms with E-state index in [0.29, 0.717) is 18.4 Å². The minimum absolute atomic E-state index is 0. The molecule has 1 heterocycles. The van der Waals surface area contributed by atoms with Gasteiger partial charge < -0.3 is 17.4 Å². The Bertz CT molecular complexity index is 392. The summed E-state index contributed by atoms with van der Waals surface area (Å²) in [5, 5.41) is 0. The van der Waals surface area contributed by atoms with Crippen molar-refractivity contribution in [3.05, 3.63) is 29.8 Å². The van der Waals surface area contributed by atoms with Crippen LogP contribution < -0.4 is 0 Å². The van der Waals surface area contributed by atoms with Crippen LogP contribution in [-0.4, -0.2) is 18.5 Å². The average Bonchev–Trinajstić information content (AvgIpc) is 2.67. The molecule has 90 valence electrons. The van der Waals surface area contributed by atoms with E-state index >= 15 is 0 Å². The first-order valence-electron chi connectivity index (χ1n) is 5.15. The first-order valence-corrected chi connectivity index (χ1v) is 5.56. The second-order valence-electron chi connectivity index (χ2n) is 4.05. The average molecular weight is 284 g/mol. The second kappa shape index (κ2) is 5.67. The van der Waals surface area contributed by atoms with Gasteiger partial charge in [0.25, 0.3) is 0 Å². The Kier molecular flexibility index (Phi) is 4.78. The number of benzene rings is 1. The van der Waals surface area contributed by atoms with Crippen LogP contribution in [0.15, 0.2) is 34.2 Å². The van der Waals surface area contributed by atoms with Gasteiger partial charge in [0.05, 0.1) is 6.04 Å². The van der Waals surface area contributed by atoms with Gasteiger partial charge in [-0.3, -0.25) is 0 Å². The third-order valence-corrected chi connectivity index (χ3v) is 2.92. The summed E-state index contributed by atoms with van der Waals surface area (Å²) in [5.74, 6) is 1.22. The van der Waals surface area contributed by atoms with E-state index in [9.17, 15) is 0 Å². The van der Waals surface area contributed by atoms with Crippen molar-refractivity contribution < 1.29 is 21.8 Å². The van der Waals surface area contributed by atoms with Crippen molar-refractivity contribution in [2.24, 2.45) is 10.9 Å². The predicted octanol–water partition coefficient (Wildman–Crippen LogP) is 2.39. The van der Waals surface area contributed by atoms with Gasteiger partial charge in [-0.15, -0.1) is 0 Å². The Morgan fingerprint density at radius 2 is 2.06 bits per heavy atom. The van der Waals surface area contributed by atoms with Crippen molar-refractivity contribution >= 4 is 18.5 Å². The molecule has 0 aromatic heterocycles. The van der Waals surface area contributed by atoms with Crippen LogP contribution in [0.25, 0.3) is 0 Å². The zero-order valence-corrected chi connectivity index (χ0v) is 11.0. The van der Waals surface area contributed by atoms with E-state index in [1.807, 2.05) is 24.3 Å². The molecular weight excluding hydrogens is 270 g/mol. The summed E-state index contributed by atoms with van der Waals surface area (Å²) in [7, 11) is 0. The van der Waals surface area contributed by atoms with Crippen LogP contribution in [0.5, 0.6) is 0 Å². The molecule has 0 spiro atoms. The van der Waals surface area contributed by atoms with E-state index in [-0.39, 0.29) is 23.1 Å². The third kappa shape index (κ3) is 2.76. The molecule has 1 aromatic rings. The molecule has 1 aliphatic heterocycles. The van der Waals surface area contributed by atoms with E-state index in [1.54, 1.807) is 0 Å². The van der Waals surface area contributed by atoms with E-state index in [0.717, 1.165) is 10.5 Å². The standard InChI is InChI=1S/C12H15NOS.Cu/c1-8(2)10-7-14-12(13-10)9-5-3-4-6-11(9)15;/h3-6,8,10,15H,7H2,1-2H3;/q;+1/p-1/t10-;/m0./s1. The Hall–Kier alpha value is -0.571. The molecule has 2 rings (SSSR count). The largest absolute Gasteiger partial charge is 1.00 e. The van der Waals surface area contributed by atoms with Crippen LogP contribution in [-0.2, 0) is 34.4 Å². The molecule has 1 aliphatic rings. The topological polar surface area (TPSA) is 21.6 Å². The van der Waals surface area contributed by atoms with E-state index in [2.05, 4.69) is 18.8 Å². The second-order valence-corrected chi connectivity index (χ2v) is 4.49. The van der Waals surface area contributed by atoms with Gasteiger partial charge in [-0.2, -0.15) is 4.90 Å². The van der Waals surface area contributed by atoms with Gasteiger partial charge in [-0.05, 0) is 5.92 Å². The fourth-order valence-corrected chi connectivity index (χ4v) is 1.76. The fraction of sp³-hybridized carbons (Fsp3) is 0.417. The molecule has 4 heteroatoms. The minimum Gasteiger partial charge on any atom is -0.779 e. The SMILES string of the molecule is CC(C)[C@@H]1COC(c2ccccc2[S-])=N1.[Cu+]. The Morgan fingerprint density at radius 3 is 2.62 bits per heavy atom. The summed E-state index contributed by atoms with van der Waals surface area (Å²) in [4.78, 5) is 5.35. The summed E-state index contributed by atoms with van der Waals surface area (Å²) < 4.78 is 5.58. The normalized spacial score (nSPS) is 18.9. The summed E-state index contributed by atoms with van der Waals surface area (Å²) in [6.45, 7) is 4.98. The predicted molar refractivity (Wildman–Crippen MR) is 63.2 cm³/mol. The number of nitrogens with zero attached hydrogens (tertiary/aromatic N) is 1. The number of hydrogen-bond donors (Lipinski definition) is 0. The van der Waals surface area contributed by atoms with Gasteiger partial charge in [0.1, 0.15) is 6.61 Å². The van der Waals surface area contributed by atoms with E-state index in [1.165, 1.54) is 0 Å². The first kappa shape index (κ1) is 13.5. The third-order valence-electron chi connectivity index (χ3n) is 2.56. The van der Waals surface area contributed by atoms with Crippen LogP contribution >= 0.6 is 0 Å². The molecule has 0 N–H and O–H groups in total. The molecule has 0 saturated carbocycles. The first-order chi connectivity index (χ1) is 7.18. The molecule has 0 radical (unpaired) electrons. The molecule has 0 aliphatic carbocycles. The molecule has 0 fully saturated rings.